The largest absolute Gasteiger partial charge is 0.497 e. The van der Waals surface area contributed by atoms with Crippen LogP contribution in [0.2, 0.25) is 5.02 Å². The Morgan fingerprint density at radius 1 is 1.12 bits per heavy atom. The van der Waals surface area contributed by atoms with Crippen LogP contribution in [-0.2, 0) is 11.3 Å². The van der Waals surface area contributed by atoms with Crippen molar-refractivity contribution in [1.29, 1.82) is 0 Å². The fourth-order valence-electron chi connectivity index (χ4n) is 4.59. The molecule has 1 fully saturated rings. The Morgan fingerprint density at radius 3 is 2.51 bits per heavy atom. The minimum Gasteiger partial charge on any atom is -0.497 e. The lowest BCUT2D eigenvalue weighted by Gasteiger charge is -2.40. The minimum absolute atomic E-state index is 0.287. The van der Waals surface area contributed by atoms with Crippen LogP contribution in [0, 0.1) is 0 Å². The van der Waals surface area contributed by atoms with E-state index >= 15 is 0 Å². The molecule has 5 rings (SSSR count). The maximum atomic E-state index is 12.4. The summed E-state index contributed by atoms with van der Waals surface area (Å²) in [5, 5.41) is 8.17. The van der Waals surface area contributed by atoms with Crippen LogP contribution in [0.15, 0.2) is 48.9 Å². The van der Waals surface area contributed by atoms with Crippen LogP contribution in [-0.4, -0.2) is 62.2 Å². The highest BCUT2D eigenvalue weighted by Crippen LogP contribution is 2.33. The van der Waals surface area contributed by atoms with Gasteiger partial charge < -0.3 is 24.4 Å². The fourth-order valence-corrected chi connectivity index (χ4v) is 4.73. The van der Waals surface area contributed by atoms with Crippen LogP contribution in [0.1, 0.15) is 46.1 Å². The Kier molecular flexibility index (Phi) is 7.90. The molecule has 41 heavy (non-hydrogen) atoms. The first-order chi connectivity index (χ1) is 19.5. The number of fused-ring (bicyclic) bond motifs is 1. The third kappa shape index (κ3) is 6.79. The number of nitrogens with zero attached hydrogens (tertiary/aromatic N) is 6. The fraction of sp³-hybridized carbons (Fsp3) is 0.414. The molecule has 1 amide bonds. The first kappa shape index (κ1) is 28.4. The van der Waals surface area contributed by atoms with E-state index in [-0.39, 0.29) is 11.4 Å². The van der Waals surface area contributed by atoms with Crippen molar-refractivity contribution in [3.05, 3.63) is 59.5 Å². The van der Waals surface area contributed by atoms with Crippen molar-refractivity contribution in [2.45, 2.75) is 58.2 Å². The first-order valence-corrected chi connectivity index (χ1v) is 13.8. The lowest BCUT2D eigenvalue weighted by atomic mass is 9.90. The summed E-state index contributed by atoms with van der Waals surface area (Å²) in [7, 11) is 1.64. The molecule has 0 aliphatic carbocycles. The Bertz CT molecular complexity index is 1530. The second kappa shape index (κ2) is 11.4. The summed E-state index contributed by atoms with van der Waals surface area (Å²) in [6.45, 7) is 9.43. The molecule has 1 saturated heterocycles. The Hall–Kier alpha value is -4.12. The summed E-state index contributed by atoms with van der Waals surface area (Å²) in [5.41, 5.74) is 1.17. The third-order valence-corrected chi connectivity index (χ3v) is 7.14. The van der Waals surface area contributed by atoms with Crippen LogP contribution in [0.4, 0.5) is 10.6 Å². The smallest absolute Gasteiger partial charge is 0.408 e. The lowest BCUT2D eigenvalue weighted by Crippen LogP contribution is -2.54. The molecule has 0 radical (unpaired) electrons. The zero-order valence-electron chi connectivity index (χ0n) is 23.8. The average Bonchev–Trinajstić information content (AvgIpc) is 3.25. The van der Waals surface area contributed by atoms with E-state index in [1.54, 1.807) is 30.3 Å². The van der Waals surface area contributed by atoms with Gasteiger partial charge in [-0.25, -0.2) is 19.4 Å². The van der Waals surface area contributed by atoms with E-state index in [1.165, 1.54) is 6.20 Å². The van der Waals surface area contributed by atoms with E-state index in [1.807, 2.05) is 52.0 Å². The number of piperidine rings is 1. The molecule has 0 unspecified atom stereocenters. The molecule has 3 aromatic heterocycles. The van der Waals surface area contributed by atoms with Gasteiger partial charge in [0, 0.05) is 24.8 Å². The number of pyridine rings is 1. The average molecular weight is 580 g/mol. The number of hydrogen-bond donors (Lipinski definition) is 1. The van der Waals surface area contributed by atoms with Gasteiger partial charge in [0.2, 0.25) is 0 Å². The van der Waals surface area contributed by atoms with Gasteiger partial charge in [0.25, 0.3) is 5.88 Å². The van der Waals surface area contributed by atoms with E-state index in [9.17, 15) is 4.79 Å². The number of amides is 1. The number of benzene rings is 1. The van der Waals surface area contributed by atoms with Crippen molar-refractivity contribution in [3.63, 3.8) is 0 Å². The normalized spacial score (nSPS) is 15.0. The van der Waals surface area contributed by atoms with Crippen molar-refractivity contribution in [1.82, 2.24) is 30.0 Å². The van der Waals surface area contributed by atoms with Crippen molar-refractivity contribution in [2.24, 2.45) is 0 Å². The second-order valence-electron chi connectivity index (χ2n) is 11.3. The molecule has 1 aromatic carbocycles. The monoisotopic (exact) mass is 579 g/mol. The van der Waals surface area contributed by atoms with Gasteiger partial charge in [0.15, 0.2) is 16.9 Å². The molecule has 4 heterocycles. The highest BCUT2D eigenvalue weighted by molar-refractivity contribution is 6.32. The number of carbonyl (C=O) groups is 1. The maximum absolute atomic E-state index is 12.4. The number of nitrogens with one attached hydrogen (secondary N) is 1. The van der Waals surface area contributed by atoms with Crippen LogP contribution in [0.3, 0.4) is 0 Å². The summed E-state index contributed by atoms with van der Waals surface area (Å²) >= 11 is 6.31. The van der Waals surface area contributed by atoms with Crippen molar-refractivity contribution >= 4 is 34.7 Å². The van der Waals surface area contributed by atoms with Gasteiger partial charge >= 0.3 is 6.09 Å². The highest BCUT2D eigenvalue weighted by atomic mass is 35.5. The number of ether oxygens (including phenoxy) is 3. The van der Waals surface area contributed by atoms with Crippen LogP contribution >= 0.6 is 11.6 Å². The standard InChI is InChI=1S/C29H34ClN7O4/c1-28(2,3)41-27(38)34-29(4)11-14-36(15-12-29)23-17-32-24-25(33-23)37(18-19-6-8-20(39-5)9-7-19)35-26(24)40-22-16-31-13-10-21(22)30/h6-10,13,16-17H,11-12,14-15,18H2,1-5H3,(H,34,38). The van der Waals surface area contributed by atoms with E-state index in [0.717, 1.165) is 30.0 Å². The molecule has 12 heteroatoms. The number of rotatable bonds is 7. The minimum atomic E-state index is -0.550. The van der Waals surface area contributed by atoms with E-state index in [4.69, 9.17) is 40.9 Å². The predicted octanol–water partition coefficient (Wildman–Crippen LogP) is 5.61. The topological polar surface area (TPSA) is 117 Å². The molecule has 11 nitrogen and oxygen atoms in total. The summed E-state index contributed by atoms with van der Waals surface area (Å²) in [5.74, 6) is 2.16. The molecule has 1 aliphatic heterocycles. The molecule has 1 N–H and O–H groups in total. The van der Waals surface area contributed by atoms with Gasteiger partial charge in [-0.05, 0) is 64.3 Å². The van der Waals surface area contributed by atoms with Crippen LogP contribution < -0.4 is 19.7 Å². The number of carbonyl (C=O) groups excluding carboxylic acids is 1. The predicted molar refractivity (Wildman–Crippen MR) is 156 cm³/mol. The lowest BCUT2D eigenvalue weighted by molar-refractivity contribution is 0.0448. The van der Waals surface area contributed by atoms with E-state index in [0.29, 0.717) is 41.6 Å². The maximum Gasteiger partial charge on any atom is 0.408 e. The van der Waals surface area contributed by atoms with Gasteiger partial charge in [-0.15, -0.1) is 5.10 Å². The SMILES string of the molecule is COc1ccc(Cn2nc(Oc3cnccc3Cl)c3ncc(N4CCC(C)(NC(=O)OC(C)(C)C)CC4)nc32)cc1. The van der Waals surface area contributed by atoms with Crippen molar-refractivity contribution in [2.75, 3.05) is 25.1 Å². The summed E-state index contributed by atoms with van der Waals surface area (Å²) in [6.07, 6.45) is 5.90. The number of alkyl carbamates (subject to hydrolysis) is 1. The molecule has 4 aromatic rings. The molecule has 0 atom stereocenters. The Labute approximate surface area is 243 Å². The Morgan fingerprint density at radius 2 is 1.85 bits per heavy atom. The molecule has 1 aliphatic rings. The molecule has 0 saturated carbocycles. The number of halogens is 1. The quantitative estimate of drug-likeness (QED) is 0.298. The number of hydrogen-bond acceptors (Lipinski definition) is 9. The van der Waals surface area contributed by atoms with Gasteiger partial charge in [-0.1, -0.05) is 23.7 Å². The highest BCUT2D eigenvalue weighted by Gasteiger charge is 2.34. The van der Waals surface area contributed by atoms with Gasteiger partial charge in [-0.2, -0.15) is 0 Å². The summed E-state index contributed by atoms with van der Waals surface area (Å²) in [6, 6.07) is 9.41. The molecular weight excluding hydrogens is 546 g/mol. The molecular formula is C29H34ClN7O4. The zero-order chi connectivity index (χ0) is 29.2. The van der Waals surface area contributed by atoms with E-state index < -0.39 is 11.7 Å². The van der Waals surface area contributed by atoms with E-state index in [2.05, 4.69) is 15.2 Å². The summed E-state index contributed by atoms with van der Waals surface area (Å²) in [4.78, 5) is 28.3. The zero-order valence-corrected chi connectivity index (χ0v) is 24.6. The third-order valence-electron chi connectivity index (χ3n) is 6.83. The Balaban J connectivity index is 1.40. The van der Waals surface area contributed by atoms with Gasteiger partial charge in [0.1, 0.15) is 17.2 Å². The van der Waals surface area contributed by atoms with Gasteiger partial charge in [0.05, 0.1) is 31.1 Å². The number of aromatic nitrogens is 5. The molecule has 0 spiro atoms. The number of anilines is 1. The first-order valence-electron chi connectivity index (χ1n) is 13.4. The molecule has 216 valence electrons. The van der Waals surface area contributed by atoms with Crippen molar-refractivity contribution < 1.29 is 19.0 Å². The summed E-state index contributed by atoms with van der Waals surface area (Å²) < 4.78 is 18.6. The number of methoxy groups -OCH3 is 1. The van der Waals surface area contributed by atoms with Gasteiger partial charge in [-0.3, -0.25) is 4.98 Å². The molecule has 0 bridgehead atoms. The van der Waals surface area contributed by atoms with Crippen LogP contribution in [0.5, 0.6) is 17.4 Å². The second-order valence-corrected chi connectivity index (χ2v) is 11.7. The van der Waals surface area contributed by atoms with Crippen molar-refractivity contribution in [3.8, 4) is 17.4 Å². The van der Waals surface area contributed by atoms with Crippen LogP contribution in [0.25, 0.3) is 11.2 Å².